The van der Waals surface area contributed by atoms with Gasteiger partial charge in [-0.25, -0.2) is 0 Å². The molecule has 3 fully saturated rings. The standard InChI is InChI=1S/C18H29N5O.ClH/c1-2-21-10-7-14-5-6-16(13-21)23(14)18(24)17-8-11-22(20-17)15-4-3-9-19-12-15;/h8,11,14-16,19H,2-7,9-10,12-13H2,1H3;1H. The molecule has 2 bridgehead atoms. The Hall–Kier alpha value is -1.11. The van der Waals surface area contributed by atoms with Crippen molar-refractivity contribution in [1.29, 1.82) is 0 Å². The molecular formula is C18H30ClN5O. The number of amides is 1. The van der Waals surface area contributed by atoms with Crippen molar-refractivity contribution in [2.75, 3.05) is 32.7 Å². The zero-order valence-corrected chi connectivity index (χ0v) is 15.9. The molecule has 3 unspecified atom stereocenters. The minimum atomic E-state index is 0. The van der Waals surface area contributed by atoms with Gasteiger partial charge in [0.1, 0.15) is 5.69 Å². The second-order valence-corrected chi connectivity index (χ2v) is 7.46. The average Bonchev–Trinajstić information content (AvgIpc) is 3.20. The largest absolute Gasteiger partial charge is 0.330 e. The molecule has 3 atom stereocenters. The summed E-state index contributed by atoms with van der Waals surface area (Å²) in [6.45, 7) is 7.47. The van der Waals surface area contributed by atoms with Crippen molar-refractivity contribution in [3.05, 3.63) is 18.0 Å². The highest BCUT2D eigenvalue weighted by molar-refractivity contribution is 5.93. The lowest BCUT2D eigenvalue weighted by Gasteiger charge is -2.28. The third-order valence-corrected chi connectivity index (χ3v) is 6.02. The number of hydrogen-bond acceptors (Lipinski definition) is 4. The number of carbonyl (C=O) groups is 1. The van der Waals surface area contributed by atoms with Crippen molar-refractivity contribution in [2.24, 2.45) is 0 Å². The zero-order valence-electron chi connectivity index (χ0n) is 15.1. The fraction of sp³-hybridized carbons (Fsp3) is 0.778. The molecular weight excluding hydrogens is 338 g/mol. The van der Waals surface area contributed by atoms with E-state index in [4.69, 9.17) is 0 Å². The lowest BCUT2D eigenvalue weighted by molar-refractivity contribution is 0.0663. The zero-order chi connectivity index (χ0) is 16.5. The number of nitrogens with zero attached hydrogens (tertiary/aromatic N) is 4. The maximum atomic E-state index is 13.1. The second-order valence-electron chi connectivity index (χ2n) is 7.46. The number of aromatic nitrogens is 2. The van der Waals surface area contributed by atoms with Gasteiger partial charge in [-0.3, -0.25) is 9.48 Å². The van der Waals surface area contributed by atoms with Gasteiger partial charge in [-0.15, -0.1) is 12.4 Å². The van der Waals surface area contributed by atoms with E-state index in [-0.39, 0.29) is 18.3 Å². The minimum absolute atomic E-state index is 0. The van der Waals surface area contributed by atoms with Gasteiger partial charge in [0.25, 0.3) is 5.91 Å². The van der Waals surface area contributed by atoms with Crippen LogP contribution in [0.1, 0.15) is 55.6 Å². The Labute approximate surface area is 156 Å². The molecule has 4 heterocycles. The SMILES string of the molecule is CCN1CCC2CCC(C1)N2C(=O)c1ccn(C2CCCNC2)n1.Cl. The highest BCUT2D eigenvalue weighted by Gasteiger charge is 2.40. The summed E-state index contributed by atoms with van der Waals surface area (Å²) in [5, 5.41) is 8.06. The summed E-state index contributed by atoms with van der Waals surface area (Å²) in [6, 6.07) is 3.07. The van der Waals surface area contributed by atoms with Gasteiger partial charge < -0.3 is 15.1 Å². The molecule has 25 heavy (non-hydrogen) atoms. The number of carbonyl (C=O) groups excluding carboxylic acids is 1. The number of fused-ring (bicyclic) bond motifs is 2. The molecule has 0 radical (unpaired) electrons. The third-order valence-electron chi connectivity index (χ3n) is 6.02. The summed E-state index contributed by atoms with van der Waals surface area (Å²) in [5.74, 6) is 0.142. The van der Waals surface area contributed by atoms with Crippen LogP contribution in [0.5, 0.6) is 0 Å². The number of piperidine rings is 1. The van der Waals surface area contributed by atoms with E-state index in [1.54, 1.807) is 0 Å². The van der Waals surface area contributed by atoms with Gasteiger partial charge in [0.2, 0.25) is 0 Å². The predicted octanol–water partition coefficient (Wildman–Crippen LogP) is 1.93. The van der Waals surface area contributed by atoms with Gasteiger partial charge in [-0.2, -0.15) is 5.10 Å². The first-order valence-electron chi connectivity index (χ1n) is 9.57. The van der Waals surface area contributed by atoms with Crippen LogP contribution in [0.2, 0.25) is 0 Å². The van der Waals surface area contributed by atoms with Crippen LogP contribution in [0, 0.1) is 0 Å². The van der Waals surface area contributed by atoms with Crippen LogP contribution in [0.15, 0.2) is 12.3 Å². The molecule has 6 nitrogen and oxygen atoms in total. The number of rotatable bonds is 3. The van der Waals surface area contributed by atoms with E-state index in [1.165, 1.54) is 6.42 Å². The van der Waals surface area contributed by atoms with E-state index in [9.17, 15) is 4.79 Å². The van der Waals surface area contributed by atoms with E-state index in [2.05, 4.69) is 27.1 Å². The van der Waals surface area contributed by atoms with Crippen LogP contribution in [-0.2, 0) is 0 Å². The van der Waals surface area contributed by atoms with E-state index in [0.29, 0.717) is 23.8 Å². The molecule has 0 aromatic carbocycles. The Balaban J connectivity index is 0.00000182. The Morgan fingerprint density at radius 2 is 2.08 bits per heavy atom. The van der Waals surface area contributed by atoms with E-state index < -0.39 is 0 Å². The van der Waals surface area contributed by atoms with Crippen molar-refractivity contribution in [1.82, 2.24) is 24.9 Å². The second kappa shape index (κ2) is 8.06. The van der Waals surface area contributed by atoms with Crippen LogP contribution in [0.3, 0.4) is 0 Å². The van der Waals surface area contributed by atoms with Gasteiger partial charge in [0.15, 0.2) is 0 Å². The molecule has 4 rings (SSSR count). The maximum Gasteiger partial charge on any atom is 0.274 e. The summed E-state index contributed by atoms with van der Waals surface area (Å²) >= 11 is 0. The molecule has 140 valence electrons. The van der Waals surface area contributed by atoms with Gasteiger partial charge >= 0.3 is 0 Å². The lowest BCUT2D eigenvalue weighted by atomic mass is 10.1. The van der Waals surface area contributed by atoms with Crippen molar-refractivity contribution in [2.45, 2.75) is 57.2 Å². The van der Waals surface area contributed by atoms with Gasteiger partial charge in [0.05, 0.1) is 6.04 Å². The van der Waals surface area contributed by atoms with Crippen LogP contribution in [0.4, 0.5) is 0 Å². The summed E-state index contributed by atoms with van der Waals surface area (Å²) in [4.78, 5) is 17.8. The predicted molar refractivity (Wildman–Crippen MR) is 100 cm³/mol. The van der Waals surface area contributed by atoms with Gasteiger partial charge in [0, 0.05) is 37.9 Å². The average molecular weight is 368 g/mol. The van der Waals surface area contributed by atoms with E-state index in [0.717, 1.165) is 58.4 Å². The fourth-order valence-electron chi connectivity index (χ4n) is 4.61. The maximum absolute atomic E-state index is 13.1. The van der Waals surface area contributed by atoms with Gasteiger partial charge in [-0.05, 0) is 51.3 Å². The highest BCUT2D eigenvalue weighted by Crippen LogP contribution is 2.31. The summed E-state index contributed by atoms with van der Waals surface area (Å²) in [7, 11) is 0. The molecule has 1 aromatic rings. The smallest absolute Gasteiger partial charge is 0.274 e. The van der Waals surface area contributed by atoms with Crippen LogP contribution in [0.25, 0.3) is 0 Å². The number of likely N-dealkylation sites (tertiary alicyclic amines) is 1. The molecule has 0 saturated carbocycles. The monoisotopic (exact) mass is 367 g/mol. The summed E-state index contributed by atoms with van der Waals surface area (Å²) in [5.41, 5.74) is 0.627. The van der Waals surface area contributed by atoms with Crippen molar-refractivity contribution >= 4 is 18.3 Å². The summed E-state index contributed by atoms with van der Waals surface area (Å²) < 4.78 is 2.00. The molecule has 3 saturated heterocycles. The quantitative estimate of drug-likeness (QED) is 0.886. The number of hydrogen-bond donors (Lipinski definition) is 1. The number of nitrogens with one attached hydrogen (secondary N) is 1. The Morgan fingerprint density at radius 3 is 2.84 bits per heavy atom. The molecule has 3 aliphatic rings. The first-order valence-corrected chi connectivity index (χ1v) is 9.57. The van der Waals surface area contributed by atoms with Crippen molar-refractivity contribution in [3.8, 4) is 0 Å². The topological polar surface area (TPSA) is 53.4 Å². The van der Waals surface area contributed by atoms with Crippen LogP contribution in [-0.4, -0.2) is 70.3 Å². The molecule has 0 spiro atoms. The van der Waals surface area contributed by atoms with Crippen molar-refractivity contribution < 1.29 is 4.79 Å². The Kier molecular flexibility index (Phi) is 6.02. The van der Waals surface area contributed by atoms with E-state index >= 15 is 0 Å². The first kappa shape index (κ1) is 18.7. The van der Waals surface area contributed by atoms with Crippen LogP contribution < -0.4 is 5.32 Å². The summed E-state index contributed by atoms with van der Waals surface area (Å²) in [6.07, 6.45) is 7.70. The number of likely N-dealkylation sites (N-methyl/N-ethyl adjacent to an activating group) is 1. The fourth-order valence-corrected chi connectivity index (χ4v) is 4.61. The highest BCUT2D eigenvalue weighted by atomic mass is 35.5. The lowest BCUT2D eigenvalue weighted by Crippen LogP contribution is -2.43. The molecule has 1 aromatic heterocycles. The molecule has 0 aliphatic carbocycles. The third kappa shape index (κ3) is 3.71. The van der Waals surface area contributed by atoms with Crippen molar-refractivity contribution in [3.63, 3.8) is 0 Å². The normalized spacial score (nSPS) is 30.0. The van der Waals surface area contributed by atoms with Crippen LogP contribution >= 0.6 is 12.4 Å². The first-order chi connectivity index (χ1) is 11.8. The Morgan fingerprint density at radius 1 is 1.24 bits per heavy atom. The van der Waals surface area contributed by atoms with Gasteiger partial charge in [-0.1, -0.05) is 6.92 Å². The molecule has 1 amide bonds. The minimum Gasteiger partial charge on any atom is -0.330 e. The molecule has 3 aliphatic heterocycles. The molecule has 7 heteroatoms. The molecule has 1 N–H and O–H groups in total. The Bertz CT molecular complexity index is 586. The van der Waals surface area contributed by atoms with E-state index in [1.807, 2.05) is 16.9 Å². The number of halogens is 1.